The van der Waals surface area contributed by atoms with Gasteiger partial charge in [0.25, 0.3) is 0 Å². The fraction of sp³-hybridized carbons (Fsp3) is 0.211. The molecule has 1 aliphatic rings. The van der Waals surface area contributed by atoms with E-state index in [0.717, 1.165) is 33.7 Å². The highest BCUT2D eigenvalue weighted by Crippen LogP contribution is 2.30. The number of rotatable bonds is 5. The van der Waals surface area contributed by atoms with Gasteiger partial charge in [-0.1, -0.05) is 6.07 Å². The van der Waals surface area contributed by atoms with Crippen LogP contribution in [0.1, 0.15) is 12.8 Å². The molecule has 0 radical (unpaired) electrons. The van der Waals surface area contributed by atoms with Gasteiger partial charge in [0.2, 0.25) is 5.88 Å². The Labute approximate surface area is 155 Å². The Morgan fingerprint density at radius 3 is 2.74 bits per heavy atom. The van der Waals surface area contributed by atoms with Crippen molar-refractivity contribution >= 4 is 16.7 Å². The van der Waals surface area contributed by atoms with Gasteiger partial charge in [-0.15, -0.1) is 0 Å². The predicted molar refractivity (Wildman–Crippen MR) is 101 cm³/mol. The average Bonchev–Trinajstić information content (AvgIpc) is 3.43. The first-order chi connectivity index (χ1) is 13.3. The number of hydrogen-bond donors (Lipinski definition) is 2. The van der Waals surface area contributed by atoms with Crippen LogP contribution in [0.25, 0.3) is 33.5 Å². The standard InChI is InChI=1S/C19H17N7O/c1-27-18-10-21-8-16(24-18)19-13-6-11(2-5-14(13)25-26-19)15-7-20-9-17(23-15)22-12-3-4-12/h2,5-10,12H,3-4H2,1H3,(H,22,23)(H,25,26). The predicted octanol–water partition coefficient (Wildman–Crippen LogP) is 3.06. The molecule has 3 aromatic heterocycles. The SMILES string of the molecule is COc1cncc(-c2n[nH]c3ccc(-c4cncc(NC5CC5)n4)cc23)n1. The molecule has 1 fully saturated rings. The van der Waals surface area contributed by atoms with Gasteiger partial charge in [-0.05, 0) is 25.0 Å². The summed E-state index contributed by atoms with van der Waals surface area (Å²) in [5.74, 6) is 1.26. The summed E-state index contributed by atoms with van der Waals surface area (Å²) in [6, 6.07) is 6.56. The number of anilines is 1. The minimum absolute atomic E-state index is 0.449. The van der Waals surface area contributed by atoms with Gasteiger partial charge in [-0.25, -0.2) is 9.97 Å². The number of nitrogens with zero attached hydrogens (tertiary/aromatic N) is 5. The highest BCUT2D eigenvalue weighted by Gasteiger charge is 2.21. The largest absolute Gasteiger partial charge is 0.480 e. The monoisotopic (exact) mass is 359 g/mol. The molecule has 27 heavy (non-hydrogen) atoms. The van der Waals surface area contributed by atoms with Crippen LogP contribution in [0.5, 0.6) is 5.88 Å². The summed E-state index contributed by atoms with van der Waals surface area (Å²) in [4.78, 5) is 17.6. The highest BCUT2D eigenvalue weighted by atomic mass is 16.5. The van der Waals surface area contributed by atoms with Crippen LogP contribution in [-0.4, -0.2) is 43.3 Å². The molecule has 0 aliphatic heterocycles. The van der Waals surface area contributed by atoms with Crippen molar-refractivity contribution in [2.24, 2.45) is 0 Å². The van der Waals surface area contributed by atoms with Crippen LogP contribution >= 0.6 is 0 Å². The number of benzene rings is 1. The molecule has 8 heteroatoms. The number of H-pyrrole nitrogens is 1. The van der Waals surface area contributed by atoms with Gasteiger partial charge in [0.15, 0.2) is 0 Å². The van der Waals surface area contributed by atoms with Crippen molar-refractivity contribution in [3.05, 3.63) is 43.0 Å². The number of ether oxygens (including phenoxy) is 1. The maximum absolute atomic E-state index is 5.17. The quantitative estimate of drug-likeness (QED) is 0.564. The lowest BCUT2D eigenvalue weighted by Crippen LogP contribution is -2.03. The second kappa shape index (κ2) is 6.31. The normalized spacial score (nSPS) is 13.7. The second-order valence-corrected chi connectivity index (χ2v) is 6.49. The third-order valence-electron chi connectivity index (χ3n) is 4.49. The van der Waals surface area contributed by atoms with Crippen LogP contribution in [0.2, 0.25) is 0 Å². The Balaban J connectivity index is 1.56. The molecule has 0 saturated heterocycles. The number of fused-ring (bicyclic) bond motifs is 1. The molecule has 134 valence electrons. The summed E-state index contributed by atoms with van der Waals surface area (Å²) in [6.45, 7) is 0. The van der Waals surface area contributed by atoms with Gasteiger partial charge >= 0.3 is 0 Å². The maximum atomic E-state index is 5.17. The molecule has 0 bridgehead atoms. The van der Waals surface area contributed by atoms with Crippen LogP contribution in [-0.2, 0) is 0 Å². The van der Waals surface area contributed by atoms with Gasteiger partial charge in [0.05, 0.1) is 43.1 Å². The van der Waals surface area contributed by atoms with Crippen LogP contribution in [0.4, 0.5) is 5.82 Å². The Morgan fingerprint density at radius 1 is 1.04 bits per heavy atom. The van der Waals surface area contributed by atoms with E-state index in [4.69, 9.17) is 9.72 Å². The third-order valence-corrected chi connectivity index (χ3v) is 4.49. The van der Waals surface area contributed by atoms with Crippen LogP contribution in [0.15, 0.2) is 43.0 Å². The van der Waals surface area contributed by atoms with E-state index < -0.39 is 0 Å². The molecule has 1 aliphatic carbocycles. The average molecular weight is 359 g/mol. The van der Waals surface area contributed by atoms with Crippen LogP contribution < -0.4 is 10.1 Å². The lowest BCUT2D eigenvalue weighted by atomic mass is 10.1. The van der Waals surface area contributed by atoms with Crippen LogP contribution in [0.3, 0.4) is 0 Å². The number of methoxy groups -OCH3 is 1. The molecule has 0 amide bonds. The van der Waals surface area contributed by atoms with E-state index in [1.807, 2.05) is 18.2 Å². The summed E-state index contributed by atoms with van der Waals surface area (Å²) in [7, 11) is 1.57. The second-order valence-electron chi connectivity index (χ2n) is 6.49. The summed E-state index contributed by atoms with van der Waals surface area (Å²) in [5, 5.41) is 11.8. The van der Waals surface area contributed by atoms with E-state index in [-0.39, 0.29) is 0 Å². The van der Waals surface area contributed by atoms with Gasteiger partial charge in [0.1, 0.15) is 17.2 Å². The summed E-state index contributed by atoms with van der Waals surface area (Å²) in [6.07, 6.45) is 9.15. The molecule has 2 N–H and O–H groups in total. The molecular formula is C19H17N7O. The van der Waals surface area contributed by atoms with E-state index in [0.29, 0.717) is 17.6 Å². The van der Waals surface area contributed by atoms with E-state index in [2.05, 4.69) is 30.5 Å². The highest BCUT2D eigenvalue weighted by molar-refractivity contribution is 5.94. The first-order valence-electron chi connectivity index (χ1n) is 8.73. The third kappa shape index (κ3) is 3.05. The Morgan fingerprint density at radius 2 is 1.89 bits per heavy atom. The van der Waals surface area contributed by atoms with Crippen LogP contribution in [0, 0.1) is 0 Å². The van der Waals surface area contributed by atoms with Crippen molar-refractivity contribution in [1.29, 1.82) is 0 Å². The van der Waals surface area contributed by atoms with E-state index in [9.17, 15) is 0 Å². The fourth-order valence-electron chi connectivity index (χ4n) is 2.94. The first-order valence-corrected chi connectivity index (χ1v) is 8.73. The molecule has 0 spiro atoms. The minimum Gasteiger partial charge on any atom is -0.480 e. The molecule has 3 heterocycles. The first kappa shape index (κ1) is 15.7. The number of aromatic amines is 1. The van der Waals surface area contributed by atoms with Gasteiger partial charge in [0, 0.05) is 17.0 Å². The maximum Gasteiger partial charge on any atom is 0.232 e. The van der Waals surface area contributed by atoms with Crippen molar-refractivity contribution in [3.8, 4) is 28.5 Å². The zero-order chi connectivity index (χ0) is 18.2. The molecule has 0 atom stereocenters. The van der Waals surface area contributed by atoms with Gasteiger partial charge in [-0.3, -0.25) is 15.1 Å². The molecule has 1 aromatic carbocycles. The number of nitrogens with one attached hydrogen (secondary N) is 2. The molecule has 5 rings (SSSR count). The summed E-state index contributed by atoms with van der Waals surface area (Å²) in [5.41, 5.74) is 4.06. The molecule has 1 saturated carbocycles. The van der Waals surface area contributed by atoms with Gasteiger partial charge < -0.3 is 10.1 Å². The van der Waals surface area contributed by atoms with Gasteiger partial charge in [-0.2, -0.15) is 5.10 Å². The molecule has 8 nitrogen and oxygen atoms in total. The van der Waals surface area contributed by atoms with Crippen molar-refractivity contribution in [1.82, 2.24) is 30.1 Å². The van der Waals surface area contributed by atoms with Crippen molar-refractivity contribution in [3.63, 3.8) is 0 Å². The van der Waals surface area contributed by atoms with Crippen molar-refractivity contribution in [2.45, 2.75) is 18.9 Å². The van der Waals surface area contributed by atoms with E-state index >= 15 is 0 Å². The summed E-state index contributed by atoms with van der Waals surface area (Å²) < 4.78 is 5.17. The van der Waals surface area contributed by atoms with Crippen molar-refractivity contribution < 1.29 is 4.74 Å². The smallest absolute Gasteiger partial charge is 0.232 e. The fourth-order valence-corrected chi connectivity index (χ4v) is 2.94. The molecular weight excluding hydrogens is 342 g/mol. The number of hydrogen-bond acceptors (Lipinski definition) is 7. The topological polar surface area (TPSA) is 102 Å². The zero-order valence-corrected chi connectivity index (χ0v) is 14.7. The Bertz CT molecular complexity index is 1120. The summed E-state index contributed by atoms with van der Waals surface area (Å²) >= 11 is 0. The molecule has 0 unspecified atom stereocenters. The molecule has 4 aromatic rings. The zero-order valence-electron chi connectivity index (χ0n) is 14.7. The lowest BCUT2D eigenvalue weighted by molar-refractivity contribution is 0.396. The van der Waals surface area contributed by atoms with E-state index in [1.165, 1.54) is 12.8 Å². The Kier molecular flexibility index (Phi) is 3.67. The van der Waals surface area contributed by atoms with Crippen molar-refractivity contribution in [2.75, 3.05) is 12.4 Å². The van der Waals surface area contributed by atoms with E-state index in [1.54, 1.807) is 31.9 Å². The lowest BCUT2D eigenvalue weighted by Gasteiger charge is -2.06. The number of aromatic nitrogens is 6. The Hall–Kier alpha value is -3.55. The minimum atomic E-state index is 0.449.